The van der Waals surface area contributed by atoms with Gasteiger partial charge in [0.2, 0.25) is 5.91 Å². The van der Waals surface area contributed by atoms with Crippen molar-refractivity contribution >= 4 is 45.7 Å². The van der Waals surface area contributed by atoms with Crippen molar-refractivity contribution in [1.29, 1.82) is 0 Å². The van der Waals surface area contributed by atoms with Gasteiger partial charge < -0.3 is 4.98 Å². The van der Waals surface area contributed by atoms with Gasteiger partial charge in [0.15, 0.2) is 0 Å². The van der Waals surface area contributed by atoms with Crippen molar-refractivity contribution in [2.45, 2.75) is 25.8 Å². The molecule has 4 aromatic rings. The van der Waals surface area contributed by atoms with Crippen LogP contribution in [0.15, 0.2) is 76.6 Å². The fourth-order valence-electron chi connectivity index (χ4n) is 4.55. The molecule has 0 saturated heterocycles. The number of halogens is 3. The SMILES string of the molecule is CCC(=O)N1N=C(c2c(-c3ccccc3)c3cc(Cl)ccc3[nH]c2=O)CC1c1c(F)cccc1Cl. The summed E-state index contributed by atoms with van der Waals surface area (Å²) in [4.78, 5) is 29.2. The van der Waals surface area contributed by atoms with Crippen LogP contribution >= 0.6 is 23.2 Å². The van der Waals surface area contributed by atoms with E-state index in [4.69, 9.17) is 23.2 Å². The molecular weight excluding hydrogens is 488 g/mol. The van der Waals surface area contributed by atoms with Crippen molar-refractivity contribution in [3.63, 3.8) is 0 Å². The first-order valence-corrected chi connectivity index (χ1v) is 11.9. The van der Waals surface area contributed by atoms with Crippen molar-refractivity contribution < 1.29 is 9.18 Å². The van der Waals surface area contributed by atoms with Gasteiger partial charge in [0.25, 0.3) is 5.56 Å². The van der Waals surface area contributed by atoms with Gasteiger partial charge in [0.05, 0.1) is 17.3 Å². The van der Waals surface area contributed by atoms with Crippen molar-refractivity contribution in [3.8, 4) is 11.1 Å². The number of pyridine rings is 1. The molecule has 5 nitrogen and oxygen atoms in total. The molecule has 0 aliphatic carbocycles. The number of hydrazone groups is 1. The number of hydrogen-bond acceptors (Lipinski definition) is 3. The Morgan fingerprint density at radius 3 is 2.57 bits per heavy atom. The number of benzene rings is 3. The number of nitrogens with zero attached hydrogens (tertiary/aromatic N) is 2. The third-order valence-electron chi connectivity index (χ3n) is 6.13. The van der Waals surface area contributed by atoms with Crippen LogP contribution in [-0.2, 0) is 4.79 Å². The fourth-order valence-corrected chi connectivity index (χ4v) is 5.01. The second-order valence-corrected chi connectivity index (χ2v) is 9.10. The standard InChI is InChI=1S/C27H20Cl2FN3O2/c1-2-23(34)33-22(25-18(29)9-6-10-19(25)30)14-21(32-33)26-24(15-7-4-3-5-8-15)17-13-16(28)11-12-20(17)31-27(26)35/h3-13,22H,2,14H2,1H3,(H,31,35). The van der Waals surface area contributed by atoms with Crippen molar-refractivity contribution in [2.24, 2.45) is 5.10 Å². The second-order valence-electron chi connectivity index (χ2n) is 8.25. The quantitative estimate of drug-likeness (QED) is 0.332. The number of rotatable bonds is 4. The van der Waals surface area contributed by atoms with Gasteiger partial charge in [-0.1, -0.05) is 66.5 Å². The van der Waals surface area contributed by atoms with Crippen LogP contribution in [0.25, 0.3) is 22.0 Å². The number of hydrogen-bond donors (Lipinski definition) is 1. The third kappa shape index (κ3) is 4.13. The molecule has 8 heteroatoms. The Morgan fingerprint density at radius 2 is 1.86 bits per heavy atom. The average molecular weight is 508 g/mol. The zero-order valence-corrected chi connectivity index (χ0v) is 20.2. The Labute approximate surface area is 210 Å². The van der Waals surface area contributed by atoms with Crippen LogP contribution in [0.4, 0.5) is 4.39 Å². The zero-order chi connectivity index (χ0) is 24.7. The maximum atomic E-state index is 14.9. The molecule has 0 fully saturated rings. The van der Waals surface area contributed by atoms with Gasteiger partial charge in [-0.25, -0.2) is 9.40 Å². The maximum Gasteiger partial charge on any atom is 0.258 e. The Kier molecular flexibility index (Phi) is 6.17. The Hall–Kier alpha value is -3.48. The van der Waals surface area contributed by atoms with Crippen LogP contribution in [0, 0.1) is 5.82 Å². The monoisotopic (exact) mass is 507 g/mol. The molecule has 0 bridgehead atoms. The third-order valence-corrected chi connectivity index (χ3v) is 6.69. The van der Waals surface area contributed by atoms with E-state index < -0.39 is 11.9 Å². The van der Waals surface area contributed by atoms with Gasteiger partial charge in [0, 0.05) is 44.9 Å². The van der Waals surface area contributed by atoms with E-state index in [9.17, 15) is 14.0 Å². The Bertz CT molecular complexity index is 1530. The average Bonchev–Trinajstić information content (AvgIpc) is 3.28. The van der Waals surface area contributed by atoms with Crippen LogP contribution in [-0.4, -0.2) is 21.6 Å². The highest BCUT2D eigenvalue weighted by atomic mass is 35.5. The van der Waals surface area contributed by atoms with Crippen LogP contribution in [0.1, 0.15) is 36.9 Å². The minimum absolute atomic E-state index is 0.126. The Balaban J connectivity index is 1.77. The predicted octanol–water partition coefficient (Wildman–Crippen LogP) is 6.73. The summed E-state index contributed by atoms with van der Waals surface area (Å²) in [5.74, 6) is -0.832. The van der Waals surface area contributed by atoms with E-state index in [1.165, 1.54) is 17.1 Å². The van der Waals surface area contributed by atoms with Gasteiger partial charge in [-0.05, 0) is 35.9 Å². The molecule has 1 atom stereocenters. The molecule has 5 rings (SSSR count). The van der Waals surface area contributed by atoms with Gasteiger partial charge in [-0.2, -0.15) is 5.10 Å². The lowest BCUT2D eigenvalue weighted by Gasteiger charge is -2.22. The normalized spacial score (nSPS) is 15.5. The van der Waals surface area contributed by atoms with Crippen molar-refractivity contribution in [2.75, 3.05) is 0 Å². The van der Waals surface area contributed by atoms with E-state index in [2.05, 4.69) is 10.1 Å². The molecule has 1 aliphatic heterocycles. The van der Waals surface area contributed by atoms with Gasteiger partial charge in [-0.3, -0.25) is 9.59 Å². The van der Waals surface area contributed by atoms with Gasteiger partial charge >= 0.3 is 0 Å². The minimum Gasteiger partial charge on any atom is -0.321 e. The number of carbonyl (C=O) groups excluding carboxylic acids is 1. The molecule has 0 saturated carbocycles. The fraction of sp³-hybridized carbons (Fsp3) is 0.148. The summed E-state index contributed by atoms with van der Waals surface area (Å²) >= 11 is 12.7. The van der Waals surface area contributed by atoms with E-state index >= 15 is 0 Å². The van der Waals surface area contributed by atoms with E-state index in [1.807, 2.05) is 30.3 Å². The molecule has 1 amide bonds. The molecule has 1 N–H and O–H groups in total. The highest BCUT2D eigenvalue weighted by molar-refractivity contribution is 6.32. The number of fused-ring (bicyclic) bond motifs is 1. The zero-order valence-electron chi connectivity index (χ0n) is 18.7. The first kappa shape index (κ1) is 23.3. The van der Waals surface area contributed by atoms with Gasteiger partial charge in [0.1, 0.15) is 5.82 Å². The molecule has 0 spiro atoms. The molecule has 1 aromatic heterocycles. The number of H-pyrrole nitrogens is 1. The van der Waals surface area contributed by atoms with Crippen LogP contribution in [0.3, 0.4) is 0 Å². The molecular formula is C27H20Cl2FN3O2. The lowest BCUT2D eigenvalue weighted by atomic mass is 9.91. The summed E-state index contributed by atoms with van der Waals surface area (Å²) in [5, 5.41) is 7.26. The van der Waals surface area contributed by atoms with Crippen LogP contribution in [0.5, 0.6) is 0 Å². The molecule has 35 heavy (non-hydrogen) atoms. The molecule has 0 radical (unpaired) electrons. The van der Waals surface area contributed by atoms with Crippen molar-refractivity contribution in [3.05, 3.63) is 104 Å². The number of aromatic nitrogens is 1. The van der Waals surface area contributed by atoms with Crippen molar-refractivity contribution in [1.82, 2.24) is 9.99 Å². The lowest BCUT2D eigenvalue weighted by molar-refractivity contribution is -0.132. The molecule has 1 aliphatic rings. The van der Waals surface area contributed by atoms with E-state index in [1.54, 1.807) is 31.2 Å². The summed E-state index contributed by atoms with van der Waals surface area (Å²) in [6.07, 6.45) is 0.288. The number of aromatic amines is 1. The smallest absolute Gasteiger partial charge is 0.258 e. The molecule has 1 unspecified atom stereocenters. The van der Waals surface area contributed by atoms with E-state index in [0.29, 0.717) is 27.4 Å². The van der Waals surface area contributed by atoms with Gasteiger partial charge in [-0.15, -0.1) is 0 Å². The largest absolute Gasteiger partial charge is 0.321 e. The highest BCUT2D eigenvalue weighted by Gasteiger charge is 2.37. The van der Waals surface area contributed by atoms with Crippen LogP contribution in [0.2, 0.25) is 10.0 Å². The lowest BCUT2D eigenvalue weighted by Crippen LogP contribution is -2.27. The summed E-state index contributed by atoms with van der Waals surface area (Å²) < 4.78 is 14.9. The molecule has 2 heterocycles. The summed E-state index contributed by atoms with van der Waals surface area (Å²) in [7, 11) is 0. The summed E-state index contributed by atoms with van der Waals surface area (Å²) in [6.45, 7) is 1.70. The maximum absolute atomic E-state index is 14.9. The summed E-state index contributed by atoms with van der Waals surface area (Å²) in [5.41, 5.74) is 2.57. The Morgan fingerprint density at radius 1 is 1.09 bits per heavy atom. The topological polar surface area (TPSA) is 65.5 Å². The predicted molar refractivity (Wildman–Crippen MR) is 137 cm³/mol. The number of nitrogens with one attached hydrogen (secondary N) is 1. The first-order chi connectivity index (χ1) is 16.9. The first-order valence-electron chi connectivity index (χ1n) is 11.1. The molecule has 3 aromatic carbocycles. The highest BCUT2D eigenvalue weighted by Crippen LogP contribution is 2.40. The number of carbonyl (C=O) groups is 1. The van der Waals surface area contributed by atoms with E-state index in [0.717, 1.165) is 10.9 Å². The second kappa shape index (κ2) is 9.29. The number of amides is 1. The van der Waals surface area contributed by atoms with E-state index in [-0.39, 0.29) is 34.9 Å². The van der Waals surface area contributed by atoms with Crippen LogP contribution < -0.4 is 5.56 Å². The minimum atomic E-state index is -0.774. The summed E-state index contributed by atoms with van der Waals surface area (Å²) in [6, 6.07) is 18.3. The molecule has 176 valence electrons.